The number of hydrogen-bond acceptors (Lipinski definition) is 2. The van der Waals surface area contributed by atoms with Gasteiger partial charge < -0.3 is 11.1 Å². The summed E-state index contributed by atoms with van der Waals surface area (Å²) in [6.07, 6.45) is 3.46. The van der Waals surface area contributed by atoms with Crippen molar-refractivity contribution in [3.63, 3.8) is 0 Å². The van der Waals surface area contributed by atoms with E-state index in [1.54, 1.807) is 0 Å². The molecule has 1 aromatic carbocycles. The van der Waals surface area contributed by atoms with Gasteiger partial charge in [0.05, 0.1) is 0 Å². The highest BCUT2D eigenvalue weighted by atomic mass is 14.8. The fraction of sp³-hybridized carbons (Fsp3) is 0.647. The molecule has 0 amide bonds. The van der Waals surface area contributed by atoms with E-state index in [2.05, 4.69) is 50.4 Å². The highest BCUT2D eigenvalue weighted by Crippen LogP contribution is 2.10. The molecule has 1 unspecified atom stereocenters. The third-order valence-electron chi connectivity index (χ3n) is 3.47. The quantitative estimate of drug-likeness (QED) is 0.671. The minimum Gasteiger partial charge on any atom is -0.330 e. The van der Waals surface area contributed by atoms with Gasteiger partial charge in [-0.25, -0.2) is 0 Å². The lowest BCUT2D eigenvalue weighted by molar-refractivity contribution is 0.511. The Hall–Kier alpha value is -0.860. The van der Waals surface area contributed by atoms with Crippen LogP contribution in [0.15, 0.2) is 24.3 Å². The van der Waals surface area contributed by atoms with Gasteiger partial charge in [0.2, 0.25) is 0 Å². The zero-order chi connectivity index (χ0) is 14.1. The zero-order valence-corrected chi connectivity index (χ0v) is 12.8. The second-order valence-corrected chi connectivity index (χ2v) is 6.04. The van der Waals surface area contributed by atoms with Crippen molar-refractivity contribution in [3.8, 4) is 0 Å². The maximum Gasteiger partial charge on any atom is -0.000835 e. The molecule has 19 heavy (non-hydrogen) atoms. The van der Waals surface area contributed by atoms with Gasteiger partial charge in [-0.1, -0.05) is 45.0 Å². The smallest absolute Gasteiger partial charge is 0.000835 e. The lowest BCUT2D eigenvalue weighted by Crippen LogP contribution is -2.22. The molecule has 0 spiro atoms. The third-order valence-corrected chi connectivity index (χ3v) is 3.47. The molecule has 1 aromatic rings. The van der Waals surface area contributed by atoms with Crippen LogP contribution in [-0.2, 0) is 12.8 Å². The van der Waals surface area contributed by atoms with Crippen molar-refractivity contribution in [2.75, 3.05) is 19.6 Å². The molecular weight excluding hydrogens is 232 g/mol. The number of benzene rings is 1. The van der Waals surface area contributed by atoms with Crippen LogP contribution < -0.4 is 11.1 Å². The standard InChI is InChI=1S/C17H30N2/c1-14(2)12-17-6-4-16(5-7-17)9-11-19-10-8-15(3)13-18/h4-7,14-15,19H,8-13,18H2,1-3H3. The Bertz CT molecular complexity index is 330. The van der Waals surface area contributed by atoms with Crippen molar-refractivity contribution < 1.29 is 0 Å². The topological polar surface area (TPSA) is 38.0 Å². The first kappa shape index (κ1) is 16.2. The summed E-state index contributed by atoms with van der Waals surface area (Å²) >= 11 is 0. The highest BCUT2D eigenvalue weighted by Gasteiger charge is 2.00. The summed E-state index contributed by atoms with van der Waals surface area (Å²) in [5.74, 6) is 1.36. The number of hydrogen-bond donors (Lipinski definition) is 2. The molecule has 0 aliphatic heterocycles. The minimum absolute atomic E-state index is 0.628. The number of nitrogens with two attached hydrogens (primary N) is 1. The number of nitrogens with one attached hydrogen (secondary N) is 1. The van der Waals surface area contributed by atoms with Crippen LogP contribution in [0.5, 0.6) is 0 Å². The van der Waals surface area contributed by atoms with E-state index in [0.717, 1.165) is 32.0 Å². The van der Waals surface area contributed by atoms with Gasteiger partial charge in [-0.05, 0) is 61.9 Å². The maximum absolute atomic E-state index is 5.60. The van der Waals surface area contributed by atoms with Crippen molar-refractivity contribution in [3.05, 3.63) is 35.4 Å². The molecule has 0 saturated carbocycles. The predicted octanol–water partition coefficient (Wildman–Crippen LogP) is 3.00. The lowest BCUT2D eigenvalue weighted by Gasteiger charge is -2.10. The SMILES string of the molecule is CC(C)Cc1ccc(CCNCCC(C)CN)cc1. The van der Waals surface area contributed by atoms with E-state index in [-0.39, 0.29) is 0 Å². The van der Waals surface area contributed by atoms with Gasteiger partial charge in [-0.3, -0.25) is 0 Å². The summed E-state index contributed by atoms with van der Waals surface area (Å²) in [6.45, 7) is 9.65. The molecule has 2 heteroatoms. The summed E-state index contributed by atoms with van der Waals surface area (Å²) in [7, 11) is 0. The summed E-state index contributed by atoms with van der Waals surface area (Å²) in [5.41, 5.74) is 8.47. The molecular formula is C17H30N2. The van der Waals surface area contributed by atoms with Crippen molar-refractivity contribution in [1.29, 1.82) is 0 Å². The Morgan fingerprint density at radius 3 is 2.21 bits per heavy atom. The van der Waals surface area contributed by atoms with Gasteiger partial charge in [0.25, 0.3) is 0 Å². The highest BCUT2D eigenvalue weighted by molar-refractivity contribution is 5.23. The predicted molar refractivity (Wildman–Crippen MR) is 84.4 cm³/mol. The average Bonchev–Trinajstić information content (AvgIpc) is 2.39. The Morgan fingerprint density at radius 2 is 1.63 bits per heavy atom. The van der Waals surface area contributed by atoms with E-state index in [4.69, 9.17) is 5.73 Å². The van der Waals surface area contributed by atoms with Crippen LogP contribution in [-0.4, -0.2) is 19.6 Å². The van der Waals surface area contributed by atoms with Gasteiger partial charge in [-0.15, -0.1) is 0 Å². The van der Waals surface area contributed by atoms with Gasteiger partial charge in [0, 0.05) is 0 Å². The van der Waals surface area contributed by atoms with E-state index >= 15 is 0 Å². The van der Waals surface area contributed by atoms with E-state index in [1.165, 1.54) is 24.0 Å². The Kier molecular flexibility index (Phi) is 7.76. The van der Waals surface area contributed by atoms with Crippen LogP contribution in [0.3, 0.4) is 0 Å². The fourth-order valence-electron chi connectivity index (χ4n) is 2.14. The molecule has 0 aliphatic rings. The lowest BCUT2D eigenvalue weighted by atomic mass is 10.0. The van der Waals surface area contributed by atoms with Crippen LogP contribution >= 0.6 is 0 Å². The molecule has 0 heterocycles. The van der Waals surface area contributed by atoms with E-state index in [1.807, 2.05) is 0 Å². The molecule has 0 aliphatic carbocycles. The first-order valence-electron chi connectivity index (χ1n) is 7.60. The van der Waals surface area contributed by atoms with E-state index in [0.29, 0.717) is 5.92 Å². The normalized spacial score (nSPS) is 12.9. The Morgan fingerprint density at radius 1 is 1.00 bits per heavy atom. The van der Waals surface area contributed by atoms with Crippen molar-refractivity contribution in [1.82, 2.24) is 5.32 Å². The molecule has 0 radical (unpaired) electrons. The maximum atomic E-state index is 5.60. The first-order chi connectivity index (χ1) is 9.11. The van der Waals surface area contributed by atoms with E-state index < -0.39 is 0 Å². The van der Waals surface area contributed by atoms with Crippen molar-refractivity contribution >= 4 is 0 Å². The zero-order valence-electron chi connectivity index (χ0n) is 12.8. The van der Waals surface area contributed by atoms with Crippen LogP contribution in [0.4, 0.5) is 0 Å². The van der Waals surface area contributed by atoms with Crippen LogP contribution in [0, 0.1) is 11.8 Å². The van der Waals surface area contributed by atoms with Gasteiger partial charge in [0.15, 0.2) is 0 Å². The van der Waals surface area contributed by atoms with Gasteiger partial charge >= 0.3 is 0 Å². The molecule has 0 fully saturated rings. The molecule has 0 aromatic heterocycles. The largest absolute Gasteiger partial charge is 0.330 e. The van der Waals surface area contributed by atoms with Crippen LogP contribution in [0.1, 0.15) is 38.3 Å². The second kappa shape index (κ2) is 9.11. The van der Waals surface area contributed by atoms with Crippen LogP contribution in [0.25, 0.3) is 0 Å². The second-order valence-electron chi connectivity index (χ2n) is 6.04. The van der Waals surface area contributed by atoms with Crippen LogP contribution in [0.2, 0.25) is 0 Å². The molecule has 1 rings (SSSR count). The molecule has 3 N–H and O–H groups in total. The molecule has 0 bridgehead atoms. The Labute approximate surface area is 118 Å². The van der Waals surface area contributed by atoms with E-state index in [9.17, 15) is 0 Å². The number of rotatable bonds is 9. The van der Waals surface area contributed by atoms with Gasteiger partial charge in [-0.2, -0.15) is 0 Å². The molecule has 108 valence electrons. The molecule has 0 saturated heterocycles. The van der Waals surface area contributed by atoms with Crippen molar-refractivity contribution in [2.24, 2.45) is 17.6 Å². The summed E-state index contributed by atoms with van der Waals surface area (Å²) in [5, 5.41) is 3.49. The summed E-state index contributed by atoms with van der Waals surface area (Å²) < 4.78 is 0. The Balaban J connectivity index is 2.19. The summed E-state index contributed by atoms with van der Waals surface area (Å²) in [4.78, 5) is 0. The monoisotopic (exact) mass is 262 g/mol. The molecule has 2 nitrogen and oxygen atoms in total. The van der Waals surface area contributed by atoms with Crippen molar-refractivity contribution in [2.45, 2.75) is 40.0 Å². The summed E-state index contributed by atoms with van der Waals surface area (Å²) in [6, 6.07) is 9.07. The fourth-order valence-corrected chi connectivity index (χ4v) is 2.14. The minimum atomic E-state index is 0.628. The average molecular weight is 262 g/mol. The molecule has 1 atom stereocenters. The third kappa shape index (κ3) is 7.34. The first-order valence-corrected chi connectivity index (χ1v) is 7.60. The van der Waals surface area contributed by atoms with Gasteiger partial charge in [0.1, 0.15) is 0 Å².